The molecule has 1 amide bonds. The summed E-state index contributed by atoms with van der Waals surface area (Å²) in [7, 11) is 0.250. The van der Waals surface area contributed by atoms with E-state index in [1.165, 1.54) is 10.4 Å². The minimum atomic E-state index is -3.68. The fourth-order valence-electron chi connectivity index (χ4n) is 3.87. The Hall–Kier alpha value is -2.62. The fourth-order valence-corrected chi connectivity index (χ4v) is 5.36. The number of carbonyl (C=O) groups is 1. The molecule has 0 aliphatic carbocycles. The molecule has 1 heterocycles. The number of carbonyl (C=O) groups excluding carboxylic acids is 1. The van der Waals surface area contributed by atoms with E-state index in [4.69, 9.17) is 4.74 Å². The molecule has 9 heteroatoms. The summed E-state index contributed by atoms with van der Waals surface area (Å²) in [5, 5.41) is 2.97. The van der Waals surface area contributed by atoms with Gasteiger partial charge in [-0.15, -0.1) is 0 Å². The topological polar surface area (TPSA) is 82.2 Å². The molecule has 1 fully saturated rings. The van der Waals surface area contributed by atoms with Crippen LogP contribution in [0.3, 0.4) is 0 Å². The molecule has 1 N–H and O–H groups in total. The first kappa shape index (κ1) is 25.0. The van der Waals surface area contributed by atoms with Crippen molar-refractivity contribution < 1.29 is 17.9 Å². The highest BCUT2D eigenvalue weighted by atomic mass is 32.2. The maximum Gasteiger partial charge on any atom is 0.253 e. The van der Waals surface area contributed by atoms with Crippen LogP contribution in [-0.4, -0.2) is 72.1 Å². The Morgan fingerprint density at radius 2 is 1.76 bits per heavy atom. The Balaban J connectivity index is 1.92. The van der Waals surface area contributed by atoms with Gasteiger partial charge in [-0.2, -0.15) is 4.31 Å². The lowest BCUT2D eigenvalue weighted by molar-refractivity contribution is 0.0949. The standard InChI is InChI=1S/C24H34N4O4S/c1-5-28(6-2)33(30,31)21-10-11-23(27-12-14-32-15-13-27)22(17-21)24(29)25-18-19-8-7-9-20(16-19)26(3)4/h7-11,16-17H,5-6,12-15,18H2,1-4H3,(H,25,29). The lowest BCUT2D eigenvalue weighted by Gasteiger charge is -2.30. The van der Waals surface area contributed by atoms with Crippen LogP contribution in [0.1, 0.15) is 29.8 Å². The van der Waals surface area contributed by atoms with Crippen LogP contribution in [0.4, 0.5) is 11.4 Å². The van der Waals surface area contributed by atoms with Crippen LogP contribution in [-0.2, 0) is 21.3 Å². The Bertz CT molecular complexity index is 1060. The largest absolute Gasteiger partial charge is 0.378 e. The summed E-state index contributed by atoms with van der Waals surface area (Å²) < 4.78 is 33.0. The number of ether oxygens (including phenoxy) is 1. The van der Waals surface area contributed by atoms with Gasteiger partial charge in [0.25, 0.3) is 5.91 Å². The average molecular weight is 475 g/mol. The highest BCUT2D eigenvalue weighted by molar-refractivity contribution is 7.89. The number of hydrogen-bond donors (Lipinski definition) is 1. The third-order valence-electron chi connectivity index (χ3n) is 5.79. The zero-order valence-corrected chi connectivity index (χ0v) is 20.7. The second-order valence-electron chi connectivity index (χ2n) is 8.11. The predicted octanol–water partition coefficient (Wildman–Crippen LogP) is 2.55. The van der Waals surface area contributed by atoms with Gasteiger partial charge in [-0.1, -0.05) is 26.0 Å². The Morgan fingerprint density at radius 3 is 2.39 bits per heavy atom. The van der Waals surface area contributed by atoms with E-state index in [0.717, 1.165) is 16.9 Å². The number of nitrogens with one attached hydrogen (secondary N) is 1. The van der Waals surface area contributed by atoms with Crippen LogP contribution in [0.25, 0.3) is 0 Å². The number of nitrogens with zero attached hydrogens (tertiary/aromatic N) is 3. The van der Waals surface area contributed by atoms with Crippen molar-refractivity contribution in [3.8, 4) is 0 Å². The van der Waals surface area contributed by atoms with Gasteiger partial charge >= 0.3 is 0 Å². The first-order valence-electron chi connectivity index (χ1n) is 11.3. The van der Waals surface area contributed by atoms with E-state index < -0.39 is 10.0 Å². The lowest BCUT2D eigenvalue weighted by Crippen LogP contribution is -2.38. The van der Waals surface area contributed by atoms with Crippen LogP contribution < -0.4 is 15.1 Å². The molecule has 3 rings (SSSR count). The van der Waals surface area contributed by atoms with Crippen LogP contribution in [0.2, 0.25) is 0 Å². The summed E-state index contributed by atoms with van der Waals surface area (Å²) in [5.41, 5.74) is 3.09. The maximum absolute atomic E-state index is 13.3. The van der Waals surface area contributed by atoms with Crippen molar-refractivity contribution in [3.63, 3.8) is 0 Å². The molecular formula is C24H34N4O4S. The van der Waals surface area contributed by atoms with Gasteiger partial charge in [-0.25, -0.2) is 8.42 Å². The van der Waals surface area contributed by atoms with Crippen LogP contribution in [0, 0.1) is 0 Å². The van der Waals surface area contributed by atoms with E-state index in [-0.39, 0.29) is 10.8 Å². The predicted molar refractivity (Wildman–Crippen MR) is 132 cm³/mol. The maximum atomic E-state index is 13.3. The lowest BCUT2D eigenvalue weighted by atomic mass is 10.1. The van der Waals surface area contributed by atoms with Crippen molar-refractivity contribution in [2.75, 3.05) is 63.3 Å². The first-order valence-corrected chi connectivity index (χ1v) is 12.7. The van der Waals surface area contributed by atoms with E-state index in [9.17, 15) is 13.2 Å². The van der Waals surface area contributed by atoms with Crippen molar-refractivity contribution >= 4 is 27.3 Å². The minimum absolute atomic E-state index is 0.128. The molecule has 1 saturated heterocycles. The summed E-state index contributed by atoms with van der Waals surface area (Å²) in [5.74, 6) is -0.302. The first-order chi connectivity index (χ1) is 15.8. The summed E-state index contributed by atoms with van der Waals surface area (Å²) in [6.45, 7) is 7.12. The van der Waals surface area contributed by atoms with Crippen molar-refractivity contribution in [1.82, 2.24) is 9.62 Å². The van der Waals surface area contributed by atoms with Gasteiger partial charge in [0.2, 0.25) is 10.0 Å². The average Bonchev–Trinajstić information content (AvgIpc) is 2.83. The van der Waals surface area contributed by atoms with Gasteiger partial charge in [0.1, 0.15) is 0 Å². The SMILES string of the molecule is CCN(CC)S(=O)(=O)c1ccc(N2CCOCC2)c(C(=O)NCc2cccc(N(C)C)c2)c1. The molecule has 0 saturated carbocycles. The van der Waals surface area contributed by atoms with Crippen molar-refractivity contribution in [1.29, 1.82) is 0 Å². The van der Waals surface area contributed by atoms with Crippen molar-refractivity contribution in [2.45, 2.75) is 25.3 Å². The highest BCUT2D eigenvalue weighted by Gasteiger charge is 2.26. The van der Waals surface area contributed by atoms with Crippen LogP contribution in [0.15, 0.2) is 47.4 Å². The molecule has 0 unspecified atom stereocenters. The number of rotatable bonds is 9. The Morgan fingerprint density at radius 1 is 1.06 bits per heavy atom. The van der Waals surface area contributed by atoms with Crippen molar-refractivity contribution in [3.05, 3.63) is 53.6 Å². The third-order valence-corrected chi connectivity index (χ3v) is 7.83. The second-order valence-corrected chi connectivity index (χ2v) is 10.1. The van der Waals surface area contributed by atoms with E-state index >= 15 is 0 Å². The summed E-state index contributed by atoms with van der Waals surface area (Å²) in [4.78, 5) is 17.5. The normalized spacial score (nSPS) is 14.4. The van der Waals surface area contributed by atoms with Gasteiger partial charge in [0.15, 0.2) is 0 Å². The zero-order valence-electron chi connectivity index (χ0n) is 19.9. The molecule has 8 nitrogen and oxygen atoms in total. The van der Waals surface area contributed by atoms with Gasteiger partial charge in [0.05, 0.1) is 23.7 Å². The van der Waals surface area contributed by atoms with E-state index in [1.807, 2.05) is 43.3 Å². The zero-order chi connectivity index (χ0) is 24.0. The number of sulfonamides is 1. The highest BCUT2D eigenvalue weighted by Crippen LogP contribution is 2.27. The van der Waals surface area contributed by atoms with E-state index in [2.05, 4.69) is 10.2 Å². The van der Waals surface area contributed by atoms with E-state index in [0.29, 0.717) is 51.5 Å². The van der Waals surface area contributed by atoms with Crippen LogP contribution in [0.5, 0.6) is 0 Å². The monoisotopic (exact) mass is 474 g/mol. The number of amides is 1. The number of anilines is 2. The molecule has 180 valence electrons. The molecule has 2 aromatic rings. The fraction of sp³-hybridized carbons (Fsp3) is 0.458. The van der Waals surface area contributed by atoms with Gasteiger partial charge in [-0.05, 0) is 35.9 Å². The summed E-state index contributed by atoms with van der Waals surface area (Å²) in [6, 6.07) is 12.8. The molecule has 0 atom stereocenters. The molecule has 0 spiro atoms. The Labute approximate surface area is 197 Å². The summed E-state index contributed by atoms with van der Waals surface area (Å²) >= 11 is 0. The molecule has 0 aromatic heterocycles. The molecule has 2 aromatic carbocycles. The van der Waals surface area contributed by atoms with Gasteiger partial charge in [-0.3, -0.25) is 4.79 Å². The number of hydrogen-bond acceptors (Lipinski definition) is 6. The van der Waals surface area contributed by atoms with Gasteiger partial charge < -0.3 is 19.9 Å². The molecule has 33 heavy (non-hydrogen) atoms. The molecular weight excluding hydrogens is 440 g/mol. The third kappa shape index (κ3) is 5.85. The van der Waals surface area contributed by atoms with Gasteiger partial charge in [0, 0.05) is 58.2 Å². The number of morpholine rings is 1. The quantitative estimate of drug-likeness (QED) is 0.602. The van der Waals surface area contributed by atoms with E-state index in [1.54, 1.807) is 26.0 Å². The number of benzene rings is 2. The van der Waals surface area contributed by atoms with Crippen LogP contribution >= 0.6 is 0 Å². The molecule has 1 aliphatic heterocycles. The molecule has 0 radical (unpaired) electrons. The molecule has 1 aliphatic rings. The smallest absolute Gasteiger partial charge is 0.253 e. The van der Waals surface area contributed by atoms with Crippen molar-refractivity contribution in [2.24, 2.45) is 0 Å². The summed E-state index contributed by atoms with van der Waals surface area (Å²) in [6.07, 6.45) is 0. The second kappa shape index (κ2) is 11.0. The minimum Gasteiger partial charge on any atom is -0.378 e. The molecule has 0 bridgehead atoms. The Kier molecular flexibility index (Phi) is 8.34.